The summed E-state index contributed by atoms with van der Waals surface area (Å²) in [5.74, 6) is -3.02. The van der Waals surface area contributed by atoms with E-state index in [1.165, 1.54) is 6.07 Å². The lowest BCUT2D eigenvalue weighted by atomic mass is 9.99. The fraction of sp³-hybridized carbons (Fsp3) is 0.211. The van der Waals surface area contributed by atoms with E-state index >= 15 is 0 Å². The van der Waals surface area contributed by atoms with Gasteiger partial charge in [0.2, 0.25) is 5.91 Å². The second kappa shape index (κ2) is 7.35. The van der Waals surface area contributed by atoms with Crippen molar-refractivity contribution < 1.29 is 23.9 Å². The summed E-state index contributed by atoms with van der Waals surface area (Å²) in [7, 11) is 0. The molecule has 0 spiro atoms. The Kier molecular flexibility index (Phi) is 4.97. The second-order valence-corrected chi connectivity index (χ2v) is 6.09. The summed E-state index contributed by atoms with van der Waals surface area (Å²) in [6.07, 6.45) is 0.740. The number of amides is 2. The number of halogens is 1. The van der Waals surface area contributed by atoms with E-state index in [9.17, 15) is 23.9 Å². The van der Waals surface area contributed by atoms with Crippen molar-refractivity contribution in [2.24, 2.45) is 0 Å². The van der Waals surface area contributed by atoms with Crippen molar-refractivity contribution in [3.8, 4) is 0 Å². The second-order valence-electron chi connectivity index (χ2n) is 6.09. The molecule has 0 aliphatic carbocycles. The predicted octanol–water partition coefficient (Wildman–Crippen LogP) is 2.14. The van der Waals surface area contributed by atoms with Gasteiger partial charge in [0.1, 0.15) is 11.9 Å². The molecule has 0 aromatic heterocycles. The van der Waals surface area contributed by atoms with Gasteiger partial charge in [0.15, 0.2) is 0 Å². The molecule has 0 fully saturated rings. The molecule has 3 N–H and O–H groups in total. The van der Waals surface area contributed by atoms with Gasteiger partial charge in [-0.25, -0.2) is 9.18 Å². The molecule has 1 aliphatic rings. The minimum Gasteiger partial charge on any atom is -0.480 e. The lowest BCUT2D eigenvalue weighted by Crippen LogP contribution is -2.42. The van der Waals surface area contributed by atoms with Crippen molar-refractivity contribution in [2.45, 2.75) is 25.3 Å². The number of fused-ring (bicyclic) bond motifs is 1. The number of anilines is 1. The Bertz CT molecular complexity index is 867. The van der Waals surface area contributed by atoms with Crippen LogP contribution in [0.15, 0.2) is 42.5 Å². The fourth-order valence-electron chi connectivity index (χ4n) is 2.86. The largest absolute Gasteiger partial charge is 0.480 e. The summed E-state index contributed by atoms with van der Waals surface area (Å²) >= 11 is 0. The van der Waals surface area contributed by atoms with Gasteiger partial charge < -0.3 is 15.7 Å². The molecule has 0 unspecified atom stereocenters. The van der Waals surface area contributed by atoms with E-state index in [2.05, 4.69) is 10.6 Å². The van der Waals surface area contributed by atoms with Gasteiger partial charge in [-0.15, -0.1) is 0 Å². The van der Waals surface area contributed by atoms with Crippen molar-refractivity contribution >= 4 is 23.5 Å². The highest BCUT2D eigenvalue weighted by atomic mass is 19.1. The summed E-state index contributed by atoms with van der Waals surface area (Å²) in [6, 6.07) is 10.1. The van der Waals surface area contributed by atoms with Crippen LogP contribution in [0.1, 0.15) is 27.9 Å². The monoisotopic (exact) mass is 356 g/mol. The lowest BCUT2D eigenvalue weighted by Gasteiger charge is -2.19. The predicted molar refractivity (Wildman–Crippen MR) is 92.4 cm³/mol. The van der Waals surface area contributed by atoms with Crippen molar-refractivity contribution in [3.05, 3.63) is 65.0 Å². The number of carbonyl (C=O) groups is 3. The maximum Gasteiger partial charge on any atom is 0.326 e. The number of hydrogen-bond acceptors (Lipinski definition) is 3. The summed E-state index contributed by atoms with van der Waals surface area (Å²) in [4.78, 5) is 35.3. The Morgan fingerprint density at radius 2 is 1.92 bits per heavy atom. The van der Waals surface area contributed by atoms with Crippen LogP contribution in [-0.4, -0.2) is 28.9 Å². The summed E-state index contributed by atoms with van der Waals surface area (Å²) in [6.45, 7) is 0. The third-order valence-corrected chi connectivity index (χ3v) is 4.22. The Hall–Kier alpha value is -3.22. The van der Waals surface area contributed by atoms with E-state index in [1.54, 1.807) is 30.3 Å². The first-order valence-electron chi connectivity index (χ1n) is 8.14. The van der Waals surface area contributed by atoms with Crippen molar-refractivity contribution in [1.82, 2.24) is 5.32 Å². The molecule has 0 saturated carbocycles. The normalized spacial score (nSPS) is 14.1. The molecule has 0 saturated heterocycles. The van der Waals surface area contributed by atoms with E-state index < -0.39 is 23.7 Å². The highest BCUT2D eigenvalue weighted by Gasteiger charge is 2.25. The highest BCUT2D eigenvalue weighted by molar-refractivity contribution is 5.99. The summed E-state index contributed by atoms with van der Waals surface area (Å²) < 4.78 is 14.3. The molecule has 0 radical (unpaired) electrons. The fourth-order valence-corrected chi connectivity index (χ4v) is 2.86. The number of hydrogen-bond donors (Lipinski definition) is 3. The zero-order chi connectivity index (χ0) is 18.7. The number of carboxylic acids is 1. The van der Waals surface area contributed by atoms with E-state index in [-0.39, 0.29) is 24.3 Å². The van der Waals surface area contributed by atoms with E-state index in [1.807, 2.05) is 0 Å². The topological polar surface area (TPSA) is 95.5 Å². The number of nitrogens with one attached hydrogen (secondary N) is 2. The van der Waals surface area contributed by atoms with Crippen LogP contribution in [0.25, 0.3) is 0 Å². The number of carboxylic acid groups (broad SMARTS) is 1. The maximum atomic E-state index is 14.3. The van der Waals surface area contributed by atoms with Crippen LogP contribution in [0.2, 0.25) is 0 Å². The highest BCUT2D eigenvalue weighted by Crippen LogP contribution is 2.26. The molecule has 2 aromatic rings. The minimum absolute atomic E-state index is 0.0878. The lowest BCUT2D eigenvalue weighted by molar-refractivity contribution is -0.139. The third kappa shape index (κ3) is 3.88. The van der Waals surface area contributed by atoms with Gasteiger partial charge in [-0.05, 0) is 29.7 Å². The van der Waals surface area contributed by atoms with Gasteiger partial charge in [-0.3, -0.25) is 9.59 Å². The van der Waals surface area contributed by atoms with E-state index in [0.29, 0.717) is 17.7 Å². The van der Waals surface area contributed by atoms with Gasteiger partial charge in [-0.2, -0.15) is 0 Å². The molecular formula is C19H17FN2O4. The Balaban J connectivity index is 1.79. The number of carbonyl (C=O) groups excluding carboxylic acids is 2. The molecule has 1 heterocycles. The Morgan fingerprint density at radius 3 is 2.62 bits per heavy atom. The van der Waals surface area contributed by atoms with Gasteiger partial charge >= 0.3 is 5.97 Å². The first-order valence-corrected chi connectivity index (χ1v) is 8.14. The molecule has 2 amide bonds. The van der Waals surface area contributed by atoms with Crippen LogP contribution in [-0.2, 0) is 22.4 Å². The van der Waals surface area contributed by atoms with Crippen LogP contribution in [0.3, 0.4) is 0 Å². The quantitative estimate of drug-likeness (QED) is 0.765. The first-order chi connectivity index (χ1) is 12.4. The van der Waals surface area contributed by atoms with E-state index in [0.717, 1.165) is 11.6 Å². The molecule has 26 heavy (non-hydrogen) atoms. The van der Waals surface area contributed by atoms with Gasteiger partial charge in [-0.1, -0.05) is 30.3 Å². The van der Waals surface area contributed by atoms with Gasteiger partial charge in [0.25, 0.3) is 5.91 Å². The molecule has 134 valence electrons. The number of aliphatic carboxylic acids is 1. The Labute approximate surface area is 149 Å². The maximum absolute atomic E-state index is 14.3. The van der Waals surface area contributed by atoms with Crippen molar-refractivity contribution in [1.29, 1.82) is 0 Å². The van der Waals surface area contributed by atoms with E-state index in [4.69, 9.17) is 0 Å². The molecular weight excluding hydrogens is 339 g/mol. The summed E-state index contributed by atoms with van der Waals surface area (Å²) in [5, 5.41) is 14.3. The summed E-state index contributed by atoms with van der Waals surface area (Å²) in [5.41, 5.74) is 1.49. The van der Waals surface area contributed by atoms with Crippen LogP contribution >= 0.6 is 0 Å². The van der Waals surface area contributed by atoms with Crippen LogP contribution in [0, 0.1) is 5.82 Å². The van der Waals surface area contributed by atoms with Crippen LogP contribution < -0.4 is 10.6 Å². The Morgan fingerprint density at radius 1 is 1.19 bits per heavy atom. The molecule has 2 aromatic carbocycles. The molecule has 1 aliphatic heterocycles. The third-order valence-electron chi connectivity index (χ3n) is 4.22. The molecule has 7 heteroatoms. The zero-order valence-electron chi connectivity index (χ0n) is 13.8. The number of aryl methyl sites for hydroxylation is 1. The standard InChI is InChI=1S/C19H17FN2O4/c20-14-10-15-12(6-7-17(23)21-15)9-13(14)18(24)22-16(19(25)26)8-11-4-2-1-3-5-11/h1-5,9-10,16H,6-8H2,(H,21,23)(H,22,24)(H,25,26)/t16-/m0/s1. The minimum atomic E-state index is -1.20. The van der Waals surface area contributed by atoms with Crippen molar-refractivity contribution in [3.63, 3.8) is 0 Å². The molecule has 3 rings (SSSR count). The van der Waals surface area contributed by atoms with Crippen LogP contribution in [0.4, 0.5) is 10.1 Å². The SMILES string of the molecule is O=C1CCc2cc(C(=O)N[C@@H](Cc3ccccc3)C(=O)O)c(F)cc2N1. The number of benzene rings is 2. The molecule has 6 nitrogen and oxygen atoms in total. The van der Waals surface area contributed by atoms with Crippen LogP contribution in [0.5, 0.6) is 0 Å². The van der Waals surface area contributed by atoms with Crippen molar-refractivity contribution in [2.75, 3.05) is 5.32 Å². The average Bonchev–Trinajstić information content (AvgIpc) is 2.61. The smallest absolute Gasteiger partial charge is 0.326 e. The van der Waals surface area contributed by atoms with Gasteiger partial charge in [0.05, 0.1) is 5.56 Å². The first kappa shape index (κ1) is 17.6. The number of rotatable bonds is 5. The van der Waals surface area contributed by atoms with Gasteiger partial charge in [0, 0.05) is 18.5 Å². The average molecular weight is 356 g/mol. The zero-order valence-corrected chi connectivity index (χ0v) is 13.8. The molecule has 1 atom stereocenters. The molecule has 0 bridgehead atoms.